The number of halogens is 1. The van der Waals surface area contributed by atoms with Gasteiger partial charge in [0.15, 0.2) is 0 Å². The van der Waals surface area contributed by atoms with Crippen molar-refractivity contribution in [3.8, 4) is 0 Å². The summed E-state index contributed by atoms with van der Waals surface area (Å²) < 4.78 is 0. The molecular formula is C15H15ClN2O. The maximum absolute atomic E-state index is 12.0. The average molecular weight is 275 g/mol. The van der Waals surface area contributed by atoms with Crippen LogP contribution in [0.1, 0.15) is 27.2 Å². The number of amides is 1. The van der Waals surface area contributed by atoms with Crippen molar-refractivity contribution >= 4 is 17.5 Å². The molecule has 0 bridgehead atoms. The minimum Gasteiger partial charge on any atom is -0.348 e. The Bertz CT molecular complexity index is 611. The van der Waals surface area contributed by atoms with Crippen LogP contribution in [-0.2, 0) is 6.54 Å². The zero-order valence-electron chi connectivity index (χ0n) is 10.9. The summed E-state index contributed by atoms with van der Waals surface area (Å²) in [6, 6.07) is 9.62. The van der Waals surface area contributed by atoms with Crippen molar-refractivity contribution < 1.29 is 4.79 Å². The number of nitrogens with one attached hydrogen (secondary N) is 1. The molecule has 0 aliphatic carbocycles. The van der Waals surface area contributed by atoms with Crippen molar-refractivity contribution in [2.75, 3.05) is 0 Å². The number of hydrogen-bond donors (Lipinski definition) is 1. The molecule has 2 rings (SSSR count). The maximum Gasteiger partial charge on any atom is 0.254 e. The standard InChI is InChI=1S/C15H15ClN2O/c1-10-5-3-4-6-12(10)8-18-15(19)13-9-17-11(2)7-14(13)16/h3-7,9H,8H2,1-2H3,(H,18,19). The summed E-state index contributed by atoms with van der Waals surface area (Å²) in [4.78, 5) is 16.1. The summed E-state index contributed by atoms with van der Waals surface area (Å²) in [5, 5.41) is 3.28. The number of pyridine rings is 1. The fourth-order valence-electron chi connectivity index (χ4n) is 1.77. The van der Waals surface area contributed by atoms with E-state index in [1.165, 1.54) is 6.20 Å². The highest BCUT2D eigenvalue weighted by molar-refractivity contribution is 6.33. The van der Waals surface area contributed by atoms with Crippen LogP contribution in [0.15, 0.2) is 36.5 Å². The van der Waals surface area contributed by atoms with Crippen LogP contribution in [0.3, 0.4) is 0 Å². The number of nitrogens with zero attached hydrogens (tertiary/aromatic N) is 1. The molecule has 4 heteroatoms. The smallest absolute Gasteiger partial charge is 0.254 e. The Morgan fingerprint density at radius 2 is 2.05 bits per heavy atom. The van der Waals surface area contributed by atoms with E-state index in [9.17, 15) is 4.79 Å². The van der Waals surface area contributed by atoms with E-state index in [0.717, 1.165) is 16.8 Å². The molecule has 0 atom stereocenters. The van der Waals surface area contributed by atoms with Crippen LogP contribution in [0.4, 0.5) is 0 Å². The van der Waals surface area contributed by atoms with Gasteiger partial charge in [0, 0.05) is 18.4 Å². The first kappa shape index (κ1) is 13.6. The molecule has 0 aliphatic heterocycles. The van der Waals surface area contributed by atoms with Crippen LogP contribution in [0.25, 0.3) is 0 Å². The van der Waals surface area contributed by atoms with Crippen LogP contribution >= 0.6 is 11.6 Å². The number of aromatic nitrogens is 1. The van der Waals surface area contributed by atoms with Crippen molar-refractivity contribution in [1.82, 2.24) is 10.3 Å². The summed E-state index contributed by atoms with van der Waals surface area (Å²) >= 11 is 6.04. The molecule has 0 unspecified atom stereocenters. The van der Waals surface area contributed by atoms with Crippen molar-refractivity contribution in [1.29, 1.82) is 0 Å². The van der Waals surface area contributed by atoms with Gasteiger partial charge < -0.3 is 5.32 Å². The number of rotatable bonds is 3. The zero-order chi connectivity index (χ0) is 13.8. The monoisotopic (exact) mass is 274 g/mol. The summed E-state index contributed by atoms with van der Waals surface area (Å²) in [6.07, 6.45) is 1.50. The van der Waals surface area contributed by atoms with Gasteiger partial charge in [-0.3, -0.25) is 9.78 Å². The first-order chi connectivity index (χ1) is 9.08. The van der Waals surface area contributed by atoms with Crippen molar-refractivity contribution in [3.63, 3.8) is 0 Å². The Balaban J connectivity index is 2.08. The molecular weight excluding hydrogens is 260 g/mol. The first-order valence-electron chi connectivity index (χ1n) is 6.03. The molecule has 3 nitrogen and oxygen atoms in total. The van der Waals surface area contributed by atoms with Gasteiger partial charge in [-0.15, -0.1) is 0 Å². The molecule has 0 radical (unpaired) electrons. The quantitative estimate of drug-likeness (QED) is 0.933. The lowest BCUT2D eigenvalue weighted by molar-refractivity contribution is 0.0950. The predicted molar refractivity (Wildman–Crippen MR) is 76.3 cm³/mol. The molecule has 98 valence electrons. The molecule has 1 N–H and O–H groups in total. The van der Waals surface area contributed by atoms with Crippen LogP contribution in [0.5, 0.6) is 0 Å². The third kappa shape index (κ3) is 3.32. The second-order valence-electron chi connectivity index (χ2n) is 4.41. The van der Waals surface area contributed by atoms with E-state index in [0.29, 0.717) is 17.1 Å². The second-order valence-corrected chi connectivity index (χ2v) is 4.82. The molecule has 0 spiro atoms. The third-order valence-corrected chi connectivity index (χ3v) is 3.25. The first-order valence-corrected chi connectivity index (χ1v) is 6.40. The molecule has 19 heavy (non-hydrogen) atoms. The van der Waals surface area contributed by atoms with E-state index in [4.69, 9.17) is 11.6 Å². The summed E-state index contributed by atoms with van der Waals surface area (Å²) in [5.41, 5.74) is 3.43. The summed E-state index contributed by atoms with van der Waals surface area (Å²) in [5.74, 6) is -0.208. The average Bonchev–Trinajstić information content (AvgIpc) is 2.37. The third-order valence-electron chi connectivity index (χ3n) is 2.94. The maximum atomic E-state index is 12.0. The van der Waals surface area contributed by atoms with Gasteiger partial charge in [0.25, 0.3) is 5.91 Å². The van der Waals surface area contributed by atoms with Gasteiger partial charge in [-0.2, -0.15) is 0 Å². The Hall–Kier alpha value is -1.87. The number of carbonyl (C=O) groups is 1. The lowest BCUT2D eigenvalue weighted by Gasteiger charge is -2.09. The van der Waals surface area contributed by atoms with Gasteiger partial charge in [-0.25, -0.2) is 0 Å². The molecule has 0 fully saturated rings. The fourth-order valence-corrected chi connectivity index (χ4v) is 2.07. The van der Waals surface area contributed by atoms with Gasteiger partial charge in [-0.05, 0) is 31.0 Å². The predicted octanol–water partition coefficient (Wildman–Crippen LogP) is 3.28. The van der Waals surface area contributed by atoms with Gasteiger partial charge in [0.1, 0.15) is 0 Å². The van der Waals surface area contributed by atoms with E-state index in [2.05, 4.69) is 10.3 Å². The molecule has 1 aromatic carbocycles. The van der Waals surface area contributed by atoms with E-state index in [-0.39, 0.29) is 5.91 Å². The molecule has 2 aromatic rings. The van der Waals surface area contributed by atoms with E-state index >= 15 is 0 Å². The Kier molecular flexibility index (Phi) is 4.17. The number of carbonyl (C=O) groups excluding carboxylic acids is 1. The van der Waals surface area contributed by atoms with Crippen molar-refractivity contribution in [3.05, 3.63) is 63.9 Å². The number of benzene rings is 1. The number of hydrogen-bond acceptors (Lipinski definition) is 2. The van der Waals surface area contributed by atoms with Crippen LogP contribution in [0.2, 0.25) is 5.02 Å². The molecule has 1 amide bonds. The molecule has 0 saturated heterocycles. The van der Waals surface area contributed by atoms with E-state index < -0.39 is 0 Å². The van der Waals surface area contributed by atoms with Crippen LogP contribution in [0, 0.1) is 13.8 Å². The second kappa shape index (κ2) is 5.85. The Morgan fingerprint density at radius 3 is 2.74 bits per heavy atom. The van der Waals surface area contributed by atoms with Gasteiger partial charge in [0.05, 0.1) is 10.6 Å². The molecule has 1 heterocycles. The van der Waals surface area contributed by atoms with Gasteiger partial charge in [-0.1, -0.05) is 35.9 Å². The highest BCUT2D eigenvalue weighted by Gasteiger charge is 2.11. The van der Waals surface area contributed by atoms with E-state index in [1.807, 2.05) is 38.1 Å². The normalized spacial score (nSPS) is 10.3. The van der Waals surface area contributed by atoms with Crippen molar-refractivity contribution in [2.45, 2.75) is 20.4 Å². The van der Waals surface area contributed by atoms with Crippen molar-refractivity contribution in [2.24, 2.45) is 0 Å². The van der Waals surface area contributed by atoms with Gasteiger partial charge >= 0.3 is 0 Å². The number of aryl methyl sites for hydroxylation is 2. The fraction of sp³-hybridized carbons (Fsp3) is 0.200. The van der Waals surface area contributed by atoms with Crippen LogP contribution < -0.4 is 5.32 Å². The Morgan fingerprint density at radius 1 is 1.32 bits per heavy atom. The summed E-state index contributed by atoms with van der Waals surface area (Å²) in [7, 11) is 0. The van der Waals surface area contributed by atoms with E-state index in [1.54, 1.807) is 6.07 Å². The largest absolute Gasteiger partial charge is 0.348 e. The topological polar surface area (TPSA) is 42.0 Å². The van der Waals surface area contributed by atoms with Gasteiger partial charge in [0.2, 0.25) is 0 Å². The lowest BCUT2D eigenvalue weighted by Crippen LogP contribution is -2.23. The Labute approximate surface area is 117 Å². The zero-order valence-corrected chi connectivity index (χ0v) is 11.7. The SMILES string of the molecule is Cc1cc(Cl)c(C(=O)NCc2ccccc2C)cn1. The highest BCUT2D eigenvalue weighted by atomic mass is 35.5. The minimum absolute atomic E-state index is 0.208. The highest BCUT2D eigenvalue weighted by Crippen LogP contribution is 2.15. The summed E-state index contributed by atoms with van der Waals surface area (Å²) in [6.45, 7) is 4.33. The minimum atomic E-state index is -0.208. The molecule has 1 aromatic heterocycles. The molecule has 0 saturated carbocycles. The molecule has 0 aliphatic rings. The van der Waals surface area contributed by atoms with Crippen LogP contribution in [-0.4, -0.2) is 10.9 Å². The lowest BCUT2D eigenvalue weighted by atomic mass is 10.1.